The second-order valence-electron chi connectivity index (χ2n) is 6.44. The van der Waals surface area contributed by atoms with Crippen LogP contribution < -0.4 is 0 Å². The Hall–Kier alpha value is -2.07. The largest absolute Gasteiger partial charge is 0.468 e. The van der Waals surface area contributed by atoms with Gasteiger partial charge in [0.05, 0.1) is 5.56 Å². The van der Waals surface area contributed by atoms with Gasteiger partial charge in [-0.25, -0.2) is 0 Å². The second-order valence-corrected chi connectivity index (χ2v) is 6.44. The van der Waals surface area contributed by atoms with Crippen molar-refractivity contribution in [3.63, 3.8) is 0 Å². The maximum Gasteiger partial charge on any atom is 0.257 e. The maximum absolute atomic E-state index is 12.9. The number of carbonyl (C=O) groups excluding carboxylic acids is 1. The first kappa shape index (κ1) is 14.5. The van der Waals surface area contributed by atoms with E-state index in [0.29, 0.717) is 11.1 Å². The van der Waals surface area contributed by atoms with Crippen LogP contribution in [0.2, 0.25) is 0 Å². The number of fused-ring (bicyclic) bond motifs is 2. The Morgan fingerprint density at radius 3 is 2.74 bits per heavy atom. The second kappa shape index (κ2) is 5.85. The van der Waals surface area contributed by atoms with Gasteiger partial charge in [-0.2, -0.15) is 0 Å². The lowest BCUT2D eigenvalue weighted by Gasteiger charge is -2.27. The summed E-state index contributed by atoms with van der Waals surface area (Å²) in [6.07, 6.45) is 5.59. The number of rotatable bonds is 1. The number of furan rings is 1. The van der Waals surface area contributed by atoms with E-state index in [1.165, 1.54) is 6.42 Å². The van der Waals surface area contributed by atoms with E-state index in [4.69, 9.17) is 4.42 Å². The molecule has 4 nitrogen and oxygen atoms in total. The van der Waals surface area contributed by atoms with Gasteiger partial charge in [0.25, 0.3) is 5.91 Å². The van der Waals surface area contributed by atoms with E-state index in [0.717, 1.165) is 55.7 Å². The molecule has 1 aliphatic carbocycles. The summed E-state index contributed by atoms with van der Waals surface area (Å²) in [5.41, 5.74) is 3.22. The molecule has 0 saturated carbocycles. The predicted octanol–water partition coefficient (Wildman–Crippen LogP) is 3.09. The molecule has 1 atom stereocenters. The third-order valence-corrected chi connectivity index (χ3v) is 5.03. The lowest BCUT2D eigenvalue weighted by molar-refractivity contribution is 0.0719. The molecule has 4 rings (SSSR count). The fraction of sp³-hybridized carbons (Fsp3) is 0.421. The molecule has 1 amide bonds. The van der Waals surface area contributed by atoms with Crippen LogP contribution in [0.5, 0.6) is 0 Å². The van der Waals surface area contributed by atoms with Gasteiger partial charge in [-0.1, -0.05) is 24.3 Å². The summed E-state index contributed by atoms with van der Waals surface area (Å²) in [6, 6.07) is 7.89. The molecule has 1 saturated heterocycles. The number of aliphatic hydroxyl groups excluding tert-OH is 1. The van der Waals surface area contributed by atoms with E-state index < -0.39 is 6.10 Å². The number of piperidine rings is 1. The molecule has 1 unspecified atom stereocenters. The first-order valence-electron chi connectivity index (χ1n) is 8.41. The van der Waals surface area contributed by atoms with Crippen molar-refractivity contribution in [2.24, 2.45) is 0 Å². The van der Waals surface area contributed by atoms with Crippen LogP contribution in [0.15, 0.2) is 34.9 Å². The highest BCUT2D eigenvalue weighted by Crippen LogP contribution is 2.36. The van der Waals surface area contributed by atoms with Crippen LogP contribution in [0, 0.1) is 0 Å². The Balaban J connectivity index is 1.73. The van der Waals surface area contributed by atoms with Crippen molar-refractivity contribution in [3.05, 3.63) is 58.5 Å². The quantitative estimate of drug-likeness (QED) is 0.880. The standard InChI is InChI=1S/C19H21NO3/c21-18-14-7-3-2-6-13(14)8-9-16-17(18)15(12-23-16)19(22)20-10-4-1-5-11-20/h2-3,6-7,12,18,21H,1,4-5,8-11H2. The molecule has 0 radical (unpaired) electrons. The zero-order valence-electron chi connectivity index (χ0n) is 13.1. The summed E-state index contributed by atoms with van der Waals surface area (Å²) in [5, 5.41) is 10.9. The SMILES string of the molecule is O=C(c1coc2c1C(O)c1ccccc1CC2)N1CCCCC1. The van der Waals surface area contributed by atoms with Gasteiger partial charge >= 0.3 is 0 Å². The molecule has 1 N–H and O–H groups in total. The van der Waals surface area contributed by atoms with Crippen LogP contribution >= 0.6 is 0 Å². The van der Waals surface area contributed by atoms with E-state index in [1.54, 1.807) is 6.26 Å². The number of hydrogen-bond acceptors (Lipinski definition) is 3. The van der Waals surface area contributed by atoms with E-state index in [2.05, 4.69) is 0 Å². The molecular weight excluding hydrogens is 290 g/mol. The Bertz CT molecular complexity index is 728. The molecule has 120 valence electrons. The molecule has 2 heterocycles. The average molecular weight is 311 g/mol. The van der Waals surface area contributed by atoms with Gasteiger partial charge < -0.3 is 14.4 Å². The third kappa shape index (κ3) is 2.47. The number of nitrogens with zero attached hydrogens (tertiary/aromatic N) is 1. The minimum absolute atomic E-state index is 0.00636. The first-order chi connectivity index (χ1) is 11.3. The Morgan fingerprint density at radius 1 is 1.13 bits per heavy atom. The Kier molecular flexibility index (Phi) is 3.69. The fourth-order valence-corrected chi connectivity index (χ4v) is 3.77. The van der Waals surface area contributed by atoms with E-state index in [1.807, 2.05) is 29.2 Å². The van der Waals surface area contributed by atoms with Gasteiger partial charge in [-0.3, -0.25) is 4.79 Å². The van der Waals surface area contributed by atoms with Crippen LogP contribution in [-0.2, 0) is 12.8 Å². The van der Waals surface area contributed by atoms with Crippen LogP contribution in [0.1, 0.15) is 58.2 Å². The van der Waals surface area contributed by atoms with Gasteiger partial charge in [-0.05, 0) is 36.8 Å². The molecule has 1 aromatic carbocycles. The van der Waals surface area contributed by atoms with Gasteiger partial charge in [-0.15, -0.1) is 0 Å². The van der Waals surface area contributed by atoms with Crippen LogP contribution in [0.3, 0.4) is 0 Å². The topological polar surface area (TPSA) is 53.7 Å². The summed E-state index contributed by atoms with van der Waals surface area (Å²) in [5.74, 6) is 0.738. The Morgan fingerprint density at radius 2 is 1.91 bits per heavy atom. The highest BCUT2D eigenvalue weighted by molar-refractivity contribution is 5.96. The van der Waals surface area contributed by atoms with E-state index >= 15 is 0 Å². The summed E-state index contributed by atoms with van der Waals surface area (Å²) < 4.78 is 5.67. The summed E-state index contributed by atoms with van der Waals surface area (Å²) in [6.45, 7) is 1.59. The van der Waals surface area contributed by atoms with Gasteiger partial charge in [0, 0.05) is 25.1 Å². The van der Waals surface area contributed by atoms with Crippen molar-refractivity contribution in [1.29, 1.82) is 0 Å². The zero-order valence-corrected chi connectivity index (χ0v) is 13.1. The molecule has 2 aromatic rings. The van der Waals surface area contributed by atoms with Crippen molar-refractivity contribution in [3.8, 4) is 0 Å². The van der Waals surface area contributed by atoms with Crippen molar-refractivity contribution in [1.82, 2.24) is 4.90 Å². The van der Waals surface area contributed by atoms with Crippen LogP contribution in [-0.4, -0.2) is 29.0 Å². The van der Waals surface area contributed by atoms with Crippen molar-refractivity contribution >= 4 is 5.91 Å². The van der Waals surface area contributed by atoms with Crippen LogP contribution in [0.4, 0.5) is 0 Å². The first-order valence-corrected chi connectivity index (χ1v) is 8.41. The van der Waals surface area contributed by atoms with E-state index in [-0.39, 0.29) is 5.91 Å². The predicted molar refractivity (Wildman–Crippen MR) is 86.4 cm³/mol. The number of hydrogen-bond donors (Lipinski definition) is 1. The molecule has 1 aliphatic heterocycles. The number of carbonyl (C=O) groups is 1. The zero-order chi connectivity index (χ0) is 15.8. The molecule has 2 aliphatic rings. The van der Waals surface area contributed by atoms with Crippen molar-refractivity contribution in [2.75, 3.05) is 13.1 Å². The summed E-state index contributed by atoms with van der Waals surface area (Å²) in [7, 11) is 0. The number of aliphatic hydroxyl groups is 1. The van der Waals surface area contributed by atoms with Gasteiger partial charge in [0.2, 0.25) is 0 Å². The molecule has 0 spiro atoms. The van der Waals surface area contributed by atoms with Gasteiger partial charge in [0.15, 0.2) is 0 Å². The minimum atomic E-state index is -0.786. The van der Waals surface area contributed by atoms with Gasteiger partial charge in [0.1, 0.15) is 18.1 Å². The molecule has 0 bridgehead atoms. The number of amides is 1. The number of likely N-dealkylation sites (tertiary alicyclic amines) is 1. The average Bonchev–Trinajstić information content (AvgIpc) is 2.98. The Labute approximate surface area is 135 Å². The molecule has 23 heavy (non-hydrogen) atoms. The third-order valence-electron chi connectivity index (χ3n) is 5.03. The van der Waals surface area contributed by atoms with Crippen molar-refractivity contribution < 1.29 is 14.3 Å². The number of aryl methyl sites for hydroxylation is 2. The fourth-order valence-electron chi connectivity index (χ4n) is 3.77. The summed E-state index contributed by atoms with van der Waals surface area (Å²) >= 11 is 0. The molecule has 1 aromatic heterocycles. The maximum atomic E-state index is 12.9. The highest BCUT2D eigenvalue weighted by Gasteiger charge is 2.31. The van der Waals surface area contributed by atoms with E-state index in [9.17, 15) is 9.90 Å². The molecule has 4 heteroatoms. The normalized spacial score (nSPS) is 20.6. The number of benzene rings is 1. The lowest BCUT2D eigenvalue weighted by Crippen LogP contribution is -2.36. The molecule has 1 fully saturated rings. The monoisotopic (exact) mass is 311 g/mol. The van der Waals surface area contributed by atoms with Crippen molar-refractivity contribution in [2.45, 2.75) is 38.2 Å². The lowest BCUT2D eigenvalue weighted by atomic mass is 9.96. The summed E-state index contributed by atoms with van der Waals surface area (Å²) in [4.78, 5) is 14.7. The van der Waals surface area contributed by atoms with Crippen LogP contribution in [0.25, 0.3) is 0 Å². The smallest absolute Gasteiger partial charge is 0.257 e. The molecular formula is C19H21NO3. The highest BCUT2D eigenvalue weighted by atomic mass is 16.3. The minimum Gasteiger partial charge on any atom is -0.468 e.